The van der Waals surface area contributed by atoms with Gasteiger partial charge in [-0.3, -0.25) is 0 Å². The molecule has 0 unspecified atom stereocenters. The van der Waals surface area contributed by atoms with E-state index < -0.39 is 10.0 Å². The molecule has 0 aliphatic carbocycles. The lowest BCUT2D eigenvalue weighted by Gasteiger charge is -2.02. The van der Waals surface area contributed by atoms with E-state index in [0.717, 1.165) is 5.56 Å². The maximum absolute atomic E-state index is 12.0. The van der Waals surface area contributed by atoms with Crippen LogP contribution >= 0.6 is 0 Å². The van der Waals surface area contributed by atoms with Crippen molar-refractivity contribution < 1.29 is 8.42 Å². The zero-order valence-electron chi connectivity index (χ0n) is 9.95. The molecule has 0 bridgehead atoms. The maximum Gasteiger partial charge on any atom is 0.282 e. The monoisotopic (exact) mass is 259 g/mol. The number of nitrogens with zero attached hydrogens (tertiary/aromatic N) is 1. The second kappa shape index (κ2) is 5.14. The number of aryl methyl sites for hydroxylation is 1. The largest absolute Gasteiger partial charge is 0.282 e. The van der Waals surface area contributed by atoms with Gasteiger partial charge < -0.3 is 0 Å². The summed E-state index contributed by atoms with van der Waals surface area (Å²) in [6, 6.07) is 16.0. The van der Waals surface area contributed by atoms with Crippen LogP contribution in [0.25, 0.3) is 0 Å². The number of sulfonamides is 1. The molecule has 2 aromatic carbocycles. The quantitative estimate of drug-likeness (QED) is 0.796. The van der Waals surface area contributed by atoms with Gasteiger partial charge in [0.25, 0.3) is 10.0 Å². The first-order valence-corrected chi connectivity index (χ1v) is 6.95. The normalized spacial score (nSPS) is 11.8. The Kier molecular flexibility index (Phi) is 3.58. The number of hydrogen-bond donors (Lipinski definition) is 0. The van der Waals surface area contributed by atoms with Crippen molar-refractivity contribution in [3.63, 3.8) is 0 Å². The molecule has 0 spiro atoms. The molecule has 3 nitrogen and oxygen atoms in total. The Bertz CT molecular complexity index is 661. The molecule has 0 amide bonds. The molecule has 92 valence electrons. The third-order valence-electron chi connectivity index (χ3n) is 2.51. The lowest BCUT2D eigenvalue weighted by molar-refractivity contribution is 0.597. The summed E-state index contributed by atoms with van der Waals surface area (Å²) < 4.78 is 27.8. The van der Waals surface area contributed by atoms with Crippen LogP contribution in [0, 0.1) is 6.92 Å². The molecule has 0 saturated carbocycles. The van der Waals surface area contributed by atoms with Crippen LogP contribution in [0.4, 0.5) is 0 Å². The minimum atomic E-state index is -3.62. The molecule has 0 saturated heterocycles. The van der Waals surface area contributed by atoms with Crippen LogP contribution in [-0.2, 0) is 10.0 Å². The summed E-state index contributed by atoms with van der Waals surface area (Å²) in [7, 11) is -3.62. The molecule has 2 rings (SSSR count). The van der Waals surface area contributed by atoms with Crippen LogP contribution < -0.4 is 0 Å². The van der Waals surface area contributed by atoms with Gasteiger partial charge in [0.2, 0.25) is 0 Å². The van der Waals surface area contributed by atoms with E-state index in [1.54, 1.807) is 43.3 Å². The van der Waals surface area contributed by atoms with E-state index in [1.807, 2.05) is 18.2 Å². The minimum absolute atomic E-state index is 0.247. The third-order valence-corrected chi connectivity index (χ3v) is 3.91. The highest BCUT2D eigenvalue weighted by atomic mass is 32.2. The van der Waals surface area contributed by atoms with Gasteiger partial charge in [-0.2, -0.15) is 12.8 Å². The predicted octanol–water partition coefficient (Wildman–Crippen LogP) is 2.80. The van der Waals surface area contributed by atoms with E-state index in [4.69, 9.17) is 0 Å². The first kappa shape index (κ1) is 12.5. The summed E-state index contributed by atoms with van der Waals surface area (Å²) >= 11 is 0. The molecule has 0 aliphatic heterocycles. The topological polar surface area (TPSA) is 46.5 Å². The van der Waals surface area contributed by atoms with Crippen molar-refractivity contribution in [3.8, 4) is 0 Å². The van der Waals surface area contributed by atoms with Gasteiger partial charge in [-0.1, -0.05) is 48.5 Å². The van der Waals surface area contributed by atoms with Crippen molar-refractivity contribution in [3.05, 3.63) is 65.7 Å². The molecule has 0 aromatic heterocycles. The highest BCUT2D eigenvalue weighted by Crippen LogP contribution is 2.16. The van der Waals surface area contributed by atoms with Gasteiger partial charge in [0, 0.05) is 6.21 Å². The van der Waals surface area contributed by atoms with Crippen LogP contribution in [0.5, 0.6) is 0 Å². The van der Waals surface area contributed by atoms with E-state index in [1.165, 1.54) is 6.21 Å². The molecule has 0 N–H and O–H groups in total. The van der Waals surface area contributed by atoms with Crippen LogP contribution in [0.2, 0.25) is 0 Å². The summed E-state index contributed by atoms with van der Waals surface area (Å²) in [4.78, 5) is 0.247. The van der Waals surface area contributed by atoms with Crippen molar-refractivity contribution in [2.45, 2.75) is 11.8 Å². The fourth-order valence-electron chi connectivity index (χ4n) is 1.57. The summed E-state index contributed by atoms with van der Waals surface area (Å²) in [5, 5.41) is 0. The SMILES string of the molecule is Cc1ccccc1S(=O)(=O)N=Cc1ccccc1. The molecular formula is C14H13NO2S. The van der Waals surface area contributed by atoms with Gasteiger partial charge in [-0.15, -0.1) is 0 Å². The van der Waals surface area contributed by atoms with E-state index in [0.29, 0.717) is 5.56 Å². The first-order chi connectivity index (χ1) is 8.59. The lowest BCUT2D eigenvalue weighted by atomic mass is 10.2. The number of benzene rings is 2. The Morgan fingerprint density at radius 2 is 1.56 bits per heavy atom. The first-order valence-electron chi connectivity index (χ1n) is 5.50. The summed E-state index contributed by atoms with van der Waals surface area (Å²) in [5.41, 5.74) is 1.46. The van der Waals surface area contributed by atoms with Gasteiger partial charge in [0.15, 0.2) is 0 Å². The van der Waals surface area contributed by atoms with Crippen LogP contribution in [0.3, 0.4) is 0 Å². The molecule has 18 heavy (non-hydrogen) atoms. The molecule has 0 fully saturated rings. The van der Waals surface area contributed by atoms with Gasteiger partial charge >= 0.3 is 0 Å². The minimum Gasteiger partial charge on any atom is -0.199 e. The molecule has 0 aliphatic rings. The third kappa shape index (κ3) is 2.84. The summed E-state index contributed by atoms with van der Waals surface area (Å²) in [6.07, 6.45) is 1.36. The van der Waals surface area contributed by atoms with Crippen molar-refractivity contribution in [1.82, 2.24) is 0 Å². The maximum atomic E-state index is 12.0. The fourth-order valence-corrected chi connectivity index (χ4v) is 2.67. The Hall–Kier alpha value is -1.94. The van der Waals surface area contributed by atoms with Crippen molar-refractivity contribution in [2.75, 3.05) is 0 Å². The van der Waals surface area contributed by atoms with E-state index in [2.05, 4.69) is 4.40 Å². The van der Waals surface area contributed by atoms with Crippen molar-refractivity contribution in [1.29, 1.82) is 0 Å². The standard InChI is InChI=1S/C14H13NO2S/c1-12-7-5-6-10-14(12)18(16,17)15-11-13-8-3-2-4-9-13/h2-11H,1H3. The lowest BCUT2D eigenvalue weighted by Crippen LogP contribution is -2.00. The van der Waals surface area contributed by atoms with E-state index in [-0.39, 0.29) is 4.90 Å². The fraction of sp³-hybridized carbons (Fsp3) is 0.0714. The Morgan fingerprint density at radius 3 is 2.22 bits per heavy atom. The second-order valence-electron chi connectivity index (χ2n) is 3.89. The highest BCUT2D eigenvalue weighted by Gasteiger charge is 2.13. The van der Waals surface area contributed by atoms with Gasteiger partial charge in [-0.25, -0.2) is 0 Å². The zero-order chi connectivity index (χ0) is 13.0. The molecule has 0 radical (unpaired) electrons. The molecular weight excluding hydrogens is 246 g/mol. The van der Waals surface area contributed by atoms with Gasteiger partial charge in [0.05, 0.1) is 4.90 Å². The Balaban J connectivity index is 2.34. The molecule has 0 heterocycles. The Labute approximate surface area is 107 Å². The Morgan fingerprint density at radius 1 is 0.944 bits per heavy atom. The smallest absolute Gasteiger partial charge is 0.199 e. The summed E-state index contributed by atoms with van der Waals surface area (Å²) in [5.74, 6) is 0. The second-order valence-corrected chi connectivity index (χ2v) is 5.49. The van der Waals surface area contributed by atoms with E-state index >= 15 is 0 Å². The average molecular weight is 259 g/mol. The molecule has 0 atom stereocenters. The number of rotatable bonds is 3. The summed E-state index contributed by atoms with van der Waals surface area (Å²) in [6.45, 7) is 1.75. The van der Waals surface area contributed by atoms with Gasteiger partial charge in [-0.05, 0) is 24.1 Å². The number of hydrogen-bond acceptors (Lipinski definition) is 2. The predicted molar refractivity (Wildman–Crippen MR) is 72.4 cm³/mol. The highest BCUT2D eigenvalue weighted by molar-refractivity contribution is 7.90. The van der Waals surface area contributed by atoms with Crippen LogP contribution in [0.15, 0.2) is 63.9 Å². The molecule has 2 aromatic rings. The van der Waals surface area contributed by atoms with Crippen LogP contribution in [-0.4, -0.2) is 14.6 Å². The van der Waals surface area contributed by atoms with Crippen molar-refractivity contribution in [2.24, 2.45) is 4.40 Å². The molecule has 4 heteroatoms. The van der Waals surface area contributed by atoms with E-state index in [9.17, 15) is 8.42 Å². The average Bonchev–Trinajstić information content (AvgIpc) is 2.38. The zero-order valence-corrected chi connectivity index (χ0v) is 10.8. The van der Waals surface area contributed by atoms with Crippen molar-refractivity contribution >= 4 is 16.2 Å². The van der Waals surface area contributed by atoms with Crippen LogP contribution in [0.1, 0.15) is 11.1 Å². The van der Waals surface area contributed by atoms with Gasteiger partial charge in [0.1, 0.15) is 0 Å².